The lowest BCUT2D eigenvalue weighted by Crippen LogP contribution is -2.61. The van der Waals surface area contributed by atoms with E-state index in [1.807, 2.05) is 0 Å². The predicted octanol–water partition coefficient (Wildman–Crippen LogP) is 2.77. The van der Waals surface area contributed by atoms with E-state index < -0.39 is 0 Å². The average molecular weight is 396 g/mol. The number of aryl methyl sites for hydroxylation is 1. The molecule has 4 saturated carbocycles. The lowest BCUT2D eigenvalue weighted by Gasteiger charge is -2.57. The topological polar surface area (TPSA) is 61.4 Å². The predicted molar refractivity (Wildman–Crippen MR) is 112 cm³/mol. The first-order valence-corrected chi connectivity index (χ1v) is 11.4. The van der Waals surface area contributed by atoms with E-state index in [1.54, 1.807) is 0 Å². The Labute approximate surface area is 173 Å². The van der Waals surface area contributed by atoms with Crippen molar-refractivity contribution in [3.05, 3.63) is 35.4 Å². The Morgan fingerprint density at radius 3 is 2.34 bits per heavy atom. The molecule has 0 aromatic heterocycles. The molecule has 1 aromatic carbocycles. The zero-order chi connectivity index (χ0) is 20.0. The highest BCUT2D eigenvalue weighted by Gasteiger charge is 2.51. The molecule has 156 valence electrons. The fraction of sp³-hybridized carbons (Fsp3) is 0.667. The van der Waals surface area contributed by atoms with Crippen LogP contribution in [0.3, 0.4) is 0 Å². The van der Waals surface area contributed by atoms with Gasteiger partial charge in [0, 0.05) is 25.2 Å². The van der Waals surface area contributed by atoms with Crippen molar-refractivity contribution in [2.24, 2.45) is 17.8 Å². The third-order valence-electron chi connectivity index (χ3n) is 7.77. The monoisotopic (exact) mass is 395 g/mol. The van der Waals surface area contributed by atoms with Crippen LogP contribution in [0.2, 0.25) is 0 Å². The first-order valence-electron chi connectivity index (χ1n) is 11.4. The number of benzene rings is 1. The number of amides is 2. The second kappa shape index (κ2) is 7.42. The van der Waals surface area contributed by atoms with Crippen LogP contribution < -0.4 is 10.6 Å². The summed E-state index contributed by atoms with van der Waals surface area (Å²) >= 11 is 0. The van der Waals surface area contributed by atoms with Gasteiger partial charge in [-0.2, -0.15) is 0 Å². The summed E-state index contributed by atoms with van der Waals surface area (Å²) in [4.78, 5) is 27.9. The fourth-order valence-electron chi connectivity index (χ4n) is 6.89. The lowest BCUT2D eigenvalue weighted by molar-refractivity contribution is -0.136. The van der Waals surface area contributed by atoms with Gasteiger partial charge >= 0.3 is 0 Å². The number of piperazine rings is 1. The highest BCUT2D eigenvalue weighted by atomic mass is 16.2. The SMILES string of the molecule is Cc1ccc(CN2CCNC(=O)C2CC(=O)NC23CC4CC(CC(C4)C2)C3)cc1. The van der Waals surface area contributed by atoms with Crippen LogP contribution in [0.5, 0.6) is 0 Å². The quantitative estimate of drug-likeness (QED) is 0.806. The number of hydrogen-bond acceptors (Lipinski definition) is 3. The molecule has 1 atom stereocenters. The van der Waals surface area contributed by atoms with Gasteiger partial charge in [-0.05, 0) is 68.8 Å². The Bertz CT molecular complexity index is 753. The van der Waals surface area contributed by atoms with Crippen molar-refractivity contribution < 1.29 is 9.59 Å². The highest BCUT2D eigenvalue weighted by molar-refractivity contribution is 5.89. The van der Waals surface area contributed by atoms with Crippen molar-refractivity contribution in [3.8, 4) is 0 Å². The molecule has 29 heavy (non-hydrogen) atoms. The number of carbonyl (C=O) groups excluding carboxylic acids is 2. The van der Waals surface area contributed by atoms with E-state index >= 15 is 0 Å². The van der Waals surface area contributed by atoms with Crippen LogP contribution in [0.25, 0.3) is 0 Å². The van der Waals surface area contributed by atoms with Crippen molar-refractivity contribution in [1.82, 2.24) is 15.5 Å². The van der Waals surface area contributed by atoms with Crippen LogP contribution in [0.4, 0.5) is 0 Å². The van der Waals surface area contributed by atoms with Crippen LogP contribution in [0.1, 0.15) is 56.1 Å². The van der Waals surface area contributed by atoms with Gasteiger partial charge in [0.15, 0.2) is 0 Å². The summed E-state index contributed by atoms with van der Waals surface area (Å²) in [7, 11) is 0. The Morgan fingerprint density at radius 2 is 1.72 bits per heavy atom. The summed E-state index contributed by atoms with van der Waals surface area (Å²) < 4.78 is 0. The third-order valence-corrected chi connectivity index (χ3v) is 7.77. The normalized spacial score (nSPS) is 36.1. The fourth-order valence-corrected chi connectivity index (χ4v) is 6.89. The minimum absolute atomic E-state index is 0.0102. The molecule has 1 saturated heterocycles. The molecule has 6 rings (SSSR count). The molecule has 1 aliphatic heterocycles. The second-order valence-corrected chi connectivity index (χ2v) is 10.2. The molecule has 5 heteroatoms. The molecule has 1 aromatic rings. The van der Waals surface area contributed by atoms with Gasteiger partial charge in [-0.3, -0.25) is 14.5 Å². The van der Waals surface area contributed by atoms with Crippen LogP contribution in [0, 0.1) is 24.7 Å². The van der Waals surface area contributed by atoms with Crippen LogP contribution in [-0.2, 0) is 16.1 Å². The molecule has 5 aliphatic rings. The lowest BCUT2D eigenvalue weighted by atomic mass is 9.53. The minimum Gasteiger partial charge on any atom is -0.353 e. The van der Waals surface area contributed by atoms with E-state index in [0.717, 1.165) is 43.6 Å². The summed E-state index contributed by atoms with van der Waals surface area (Å²) in [6.07, 6.45) is 7.80. The summed E-state index contributed by atoms with van der Waals surface area (Å²) in [6.45, 7) is 4.23. The first kappa shape index (κ1) is 19.1. The largest absolute Gasteiger partial charge is 0.353 e. The smallest absolute Gasteiger partial charge is 0.237 e. The molecule has 5 fully saturated rings. The van der Waals surface area contributed by atoms with Crippen molar-refractivity contribution in [3.63, 3.8) is 0 Å². The van der Waals surface area contributed by atoms with Crippen molar-refractivity contribution in [2.45, 2.75) is 70.0 Å². The number of carbonyl (C=O) groups is 2. The maximum Gasteiger partial charge on any atom is 0.237 e. The van der Waals surface area contributed by atoms with Gasteiger partial charge < -0.3 is 10.6 Å². The van der Waals surface area contributed by atoms with Crippen molar-refractivity contribution in [1.29, 1.82) is 0 Å². The molecule has 1 unspecified atom stereocenters. The zero-order valence-corrected chi connectivity index (χ0v) is 17.5. The summed E-state index contributed by atoms with van der Waals surface area (Å²) in [5.74, 6) is 2.46. The van der Waals surface area contributed by atoms with Crippen LogP contribution >= 0.6 is 0 Å². The standard InChI is InChI=1S/C24H33N3O2/c1-16-2-4-17(5-3-16)15-27-7-6-25-23(29)21(27)11-22(28)26-24-12-18-8-19(13-24)10-20(9-18)14-24/h2-5,18-21H,6-15H2,1H3,(H,25,29)(H,26,28). The molecule has 1 heterocycles. The second-order valence-electron chi connectivity index (χ2n) is 10.2. The summed E-state index contributed by atoms with van der Waals surface area (Å²) in [6, 6.07) is 8.07. The molecule has 5 nitrogen and oxygen atoms in total. The van der Waals surface area contributed by atoms with E-state index in [9.17, 15) is 9.59 Å². The van der Waals surface area contributed by atoms with E-state index in [4.69, 9.17) is 0 Å². The van der Waals surface area contributed by atoms with E-state index in [1.165, 1.54) is 30.4 Å². The molecule has 2 N–H and O–H groups in total. The first-order chi connectivity index (χ1) is 14.0. The average Bonchev–Trinajstić information content (AvgIpc) is 2.65. The Hall–Kier alpha value is -1.88. The Morgan fingerprint density at radius 1 is 1.10 bits per heavy atom. The molecule has 4 bridgehead atoms. The molecule has 0 spiro atoms. The van der Waals surface area contributed by atoms with Gasteiger partial charge in [0.05, 0.1) is 12.5 Å². The number of rotatable bonds is 5. The van der Waals surface area contributed by atoms with Gasteiger partial charge in [0.25, 0.3) is 0 Å². The molecule has 2 amide bonds. The summed E-state index contributed by atoms with van der Waals surface area (Å²) in [5, 5.41) is 6.40. The maximum atomic E-state index is 13.1. The summed E-state index contributed by atoms with van der Waals surface area (Å²) in [5.41, 5.74) is 2.44. The molecular formula is C24H33N3O2. The van der Waals surface area contributed by atoms with Gasteiger partial charge in [0.2, 0.25) is 11.8 Å². The molecular weight excluding hydrogens is 362 g/mol. The minimum atomic E-state index is -0.376. The third kappa shape index (κ3) is 3.94. The van der Waals surface area contributed by atoms with Crippen LogP contribution in [-0.4, -0.2) is 41.4 Å². The van der Waals surface area contributed by atoms with E-state index in [2.05, 4.69) is 46.7 Å². The van der Waals surface area contributed by atoms with Crippen LogP contribution in [0.15, 0.2) is 24.3 Å². The number of hydrogen-bond donors (Lipinski definition) is 2. The van der Waals surface area contributed by atoms with Crippen molar-refractivity contribution in [2.75, 3.05) is 13.1 Å². The van der Waals surface area contributed by atoms with Gasteiger partial charge in [-0.1, -0.05) is 29.8 Å². The highest BCUT2D eigenvalue weighted by Crippen LogP contribution is 2.55. The molecule has 4 aliphatic carbocycles. The van der Waals surface area contributed by atoms with Gasteiger partial charge in [-0.25, -0.2) is 0 Å². The van der Waals surface area contributed by atoms with E-state index in [0.29, 0.717) is 13.1 Å². The van der Waals surface area contributed by atoms with Gasteiger partial charge in [0.1, 0.15) is 0 Å². The number of nitrogens with zero attached hydrogens (tertiary/aromatic N) is 1. The maximum absolute atomic E-state index is 13.1. The van der Waals surface area contributed by atoms with Gasteiger partial charge in [-0.15, -0.1) is 0 Å². The van der Waals surface area contributed by atoms with E-state index in [-0.39, 0.29) is 29.8 Å². The molecule has 0 radical (unpaired) electrons. The zero-order valence-electron chi connectivity index (χ0n) is 17.5. The number of nitrogens with one attached hydrogen (secondary N) is 2. The Kier molecular flexibility index (Phi) is 4.89. The Balaban J connectivity index is 1.25. The van der Waals surface area contributed by atoms with Crippen molar-refractivity contribution >= 4 is 11.8 Å².